The van der Waals surface area contributed by atoms with Crippen molar-refractivity contribution in [1.82, 2.24) is 24.6 Å². The lowest BCUT2D eigenvalue weighted by atomic mass is 10.1. The van der Waals surface area contributed by atoms with E-state index in [1.807, 2.05) is 33.7 Å². The normalized spacial score (nSPS) is 16.3. The zero-order valence-corrected chi connectivity index (χ0v) is 20.9. The van der Waals surface area contributed by atoms with Crippen molar-refractivity contribution in [1.29, 1.82) is 0 Å². The van der Waals surface area contributed by atoms with Crippen molar-refractivity contribution in [3.8, 4) is 0 Å². The SMILES string of the molecule is CCc1ccccc1NC(=O)CN1CCN(C(=O)CSc2nnc(C3CC3)n2CCC(N)=O)CC1. The minimum absolute atomic E-state index is 0.0356. The number of thioether (sulfide) groups is 1. The van der Waals surface area contributed by atoms with E-state index >= 15 is 0 Å². The number of piperazine rings is 1. The molecule has 0 radical (unpaired) electrons. The molecule has 1 aliphatic carbocycles. The molecule has 2 fully saturated rings. The van der Waals surface area contributed by atoms with E-state index in [-0.39, 0.29) is 29.9 Å². The van der Waals surface area contributed by atoms with E-state index in [2.05, 4.69) is 27.3 Å². The van der Waals surface area contributed by atoms with Gasteiger partial charge in [0.25, 0.3) is 0 Å². The molecule has 188 valence electrons. The fourth-order valence-electron chi connectivity index (χ4n) is 4.20. The molecule has 1 saturated heterocycles. The standard InChI is InChI=1S/C24H33N7O3S/c1-2-17-5-3-4-6-19(17)26-21(33)15-29-11-13-30(14-12-29)22(34)16-35-24-28-27-23(18-7-8-18)31(24)10-9-20(25)32/h3-6,18H,2,7-16H2,1H3,(H2,25,32)(H,26,33). The van der Waals surface area contributed by atoms with Crippen LogP contribution in [0.2, 0.25) is 0 Å². The van der Waals surface area contributed by atoms with E-state index in [0.29, 0.717) is 50.3 Å². The smallest absolute Gasteiger partial charge is 0.238 e. The third-order valence-electron chi connectivity index (χ3n) is 6.36. The lowest BCUT2D eigenvalue weighted by molar-refractivity contribution is -0.130. The maximum atomic E-state index is 12.8. The zero-order valence-electron chi connectivity index (χ0n) is 20.1. The van der Waals surface area contributed by atoms with Crippen LogP contribution in [0.1, 0.15) is 43.5 Å². The summed E-state index contributed by atoms with van der Waals surface area (Å²) in [6, 6.07) is 7.84. The zero-order chi connectivity index (χ0) is 24.8. The Morgan fingerprint density at radius 1 is 1.11 bits per heavy atom. The van der Waals surface area contributed by atoms with E-state index in [9.17, 15) is 14.4 Å². The molecular formula is C24H33N7O3S. The van der Waals surface area contributed by atoms with Gasteiger partial charge in [0.1, 0.15) is 5.82 Å². The number of primary amides is 1. The number of hydrogen-bond donors (Lipinski definition) is 2. The molecular weight excluding hydrogens is 466 g/mol. The van der Waals surface area contributed by atoms with Crippen LogP contribution in [-0.4, -0.2) is 80.8 Å². The number of anilines is 1. The molecule has 1 aromatic heterocycles. The van der Waals surface area contributed by atoms with Gasteiger partial charge in [-0.3, -0.25) is 19.3 Å². The van der Waals surface area contributed by atoms with Crippen molar-refractivity contribution in [2.45, 2.75) is 50.2 Å². The van der Waals surface area contributed by atoms with Gasteiger partial charge in [-0.25, -0.2) is 0 Å². The minimum Gasteiger partial charge on any atom is -0.370 e. The Bertz CT molecular complexity index is 1060. The summed E-state index contributed by atoms with van der Waals surface area (Å²) in [7, 11) is 0. The number of benzene rings is 1. The molecule has 0 spiro atoms. The van der Waals surface area contributed by atoms with Crippen LogP contribution in [0.4, 0.5) is 5.69 Å². The van der Waals surface area contributed by atoms with Gasteiger partial charge in [-0.15, -0.1) is 10.2 Å². The number of aromatic nitrogens is 3. The molecule has 0 bridgehead atoms. The fourth-order valence-corrected chi connectivity index (χ4v) is 5.07. The van der Waals surface area contributed by atoms with E-state index in [1.165, 1.54) is 11.8 Å². The molecule has 1 saturated carbocycles. The van der Waals surface area contributed by atoms with Crippen LogP contribution in [0.3, 0.4) is 0 Å². The molecule has 3 amide bonds. The minimum atomic E-state index is -0.367. The average molecular weight is 500 g/mol. The highest BCUT2D eigenvalue weighted by Gasteiger charge is 2.31. The summed E-state index contributed by atoms with van der Waals surface area (Å²) in [5.41, 5.74) is 7.30. The Morgan fingerprint density at radius 3 is 2.54 bits per heavy atom. The van der Waals surface area contributed by atoms with E-state index in [0.717, 1.165) is 36.3 Å². The maximum Gasteiger partial charge on any atom is 0.238 e. The summed E-state index contributed by atoms with van der Waals surface area (Å²) in [5.74, 6) is 1.16. The lowest BCUT2D eigenvalue weighted by Gasteiger charge is -2.34. The van der Waals surface area contributed by atoms with Gasteiger partial charge >= 0.3 is 0 Å². The Balaban J connectivity index is 1.23. The van der Waals surface area contributed by atoms with Gasteiger partial charge in [0, 0.05) is 50.7 Å². The number of carbonyl (C=O) groups is 3. The van der Waals surface area contributed by atoms with Crippen molar-refractivity contribution in [2.75, 3.05) is 43.8 Å². The van der Waals surface area contributed by atoms with E-state index in [1.54, 1.807) is 0 Å². The summed E-state index contributed by atoms with van der Waals surface area (Å²) in [4.78, 5) is 40.5. The second-order valence-corrected chi connectivity index (χ2v) is 9.93. The summed E-state index contributed by atoms with van der Waals surface area (Å²) in [6.45, 7) is 5.28. The first-order chi connectivity index (χ1) is 16.9. The monoisotopic (exact) mass is 499 g/mol. The predicted molar refractivity (Wildman–Crippen MR) is 134 cm³/mol. The number of amides is 3. The highest BCUT2D eigenvalue weighted by molar-refractivity contribution is 7.99. The fraction of sp³-hybridized carbons (Fsp3) is 0.542. The number of para-hydroxylation sites is 1. The van der Waals surface area contributed by atoms with Crippen LogP contribution in [0.25, 0.3) is 0 Å². The van der Waals surface area contributed by atoms with Gasteiger partial charge in [-0.2, -0.15) is 0 Å². The van der Waals surface area contributed by atoms with Gasteiger partial charge in [0.2, 0.25) is 17.7 Å². The van der Waals surface area contributed by atoms with Crippen molar-refractivity contribution >= 4 is 35.2 Å². The largest absolute Gasteiger partial charge is 0.370 e. The molecule has 3 N–H and O–H groups in total. The lowest BCUT2D eigenvalue weighted by Crippen LogP contribution is -2.50. The number of nitrogens with one attached hydrogen (secondary N) is 1. The summed E-state index contributed by atoms with van der Waals surface area (Å²) >= 11 is 1.35. The molecule has 4 rings (SSSR count). The molecule has 0 unspecified atom stereocenters. The average Bonchev–Trinajstić information content (AvgIpc) is 3.62. The predicted octanol–water partition coefficient (Wildman–Crippen LogP) is 1.47. The van der Waals surface area contributed by atoms with Gasteiger partial charge < -0.3 is 20.5 Å². The van der Waals surface area contributed by atoms with Crippen LogP contribution in [0.5, 0.6) is 0 Å². The molecule has 0 atom stereocenters. The first-order valence-electron chi connectivity index (χ1n) is 12.2. The molecule has 1 aromatic carbocycles. The molecule has 2 heterocycles. The third kappa shape index (κ3) is 6.82. The Labute approximate surface area is 209 Å². The molecule has 2 aromatic rings. The van der Waals surface area contributed by atoms with Gasteiger partial charge in [0.15, 0.2) is 5.16 Å². The number of nitrogens with two attached hydrogens (primary N) is 1. The maximum absolute atomic E-state index is 12.8. The summed E-state index contributed by atoms with van der Waals surface area (Å²) in [6.07, 6.45) is 3.23. The third-order valence-corrected chi connectivity index (χ3v) is 7.31. The van der Waals surface area contributed by atoms with Crippen LogP contribution in [0, 0.1) is 0 Å². The van der Waals surface area contributed by atoms with Gasteiger partial charge in [-0.05, 0) is 30.9 Å². The Kier molecular flexibility index (Phi) is 8.40. The molecule has 35 heavy (non-hydrogen) atoms. The molecule has 10 nitrogen and oxygen atoms in total. The highest BCUT2D eigenvalue weighted by atomic mass is 32.2. The second-order valence-electron chi connectivity index (χ2n) is 8.99. The highest BCUT2D eigenvalue weighted by Crippen LogP contribution is 2.40. The quantitative estimate of drug-likeness (QED) is 0.448. The van der Waals surface area contributed by atoms with Crippen molar-refractivity contribution in [3.05, 3.63) is 35.7 Å². The number of hydrogen-bond acceptors (Lipinski definition) is 7. The van der Waals surface area contributed by atoms with Crippen LogP contribution in [-0.2, 0) is 27.3 Å². The van der Waals surface area contributed by atoms with Crippen molar-refractivity contribution in [2.24, 2.45) is 5.73 Å². The first kappa shape index (κ1) is 25.2. The van der Waals surface area contributed by atoms with Gasteiger partial charge in [0.05, 0.1) is 12.3 Å². The first-order valence-corrected chi connectivity index (χ1v) is 13.1. The van der Waals surface area contributed by atoms with E-state index in [4.69, 9.17) is 5.73 Å². The number of aryl methyl sites for hydroxylation is 1. The second kappa shape index (κ2) is 11.7. The Hall–Kier alpha value is -2.92. The van der Waals surface area contributed by atoms with E-state index < -0.39 is 0 Å². The molecule has 2 aliphatic rings. The number of carbonyl (C=O) groups excluding carboxylic acids is 3. The summed E-state index contributed by atoms with van der Waals surface area (Å²) < 4.78 is 1.94. The van der Waals surface area contributed by atoms with Crippen LogP contribution in [0.15, 0.2) is 29.4 Å². The summed E-state index contributed by atoms with van der Waals surface area (Å²) in [5, 5.41) is 12.2. The number of nitrogens with zero attached hydrogens (tertiary/aromatic N) is 5. The topological polar surface area (TPSA) is 126 Å². The molecule has 1 aliphatic heterocycles. The number of rotatable bonds is 11. The van der Waals surface area contributed by atoms with Crippen molar-refractivity contribution < 1.29 is 14.4 Å². The van der Waals surface area contributed by atoms with Crippen molar-refractivity contribution in [3.63, 3.8) is 0 Å². The molecule has 11 heteroatoms. The van der Waals surface area contributed by atoms with Crippen LogP contribution >= 0.6 is 11.8 Å². The van der Waals surface area contributed by atoms with Crippen LogP contribution < -0.4 is 11.1 Å². The van der Waals surface area contributed by atoms with Gasteiger partial charge in [-0.1, -0.05) is 36.9 Å². The Morgan fingerprint density at radius 2 is 1.86 bits per heavy atom.